The fourth-order valence-electron chi connectivity index (χ4n) is 1.94. The van der Waals surface area contributed by atoms with E-state index in [1.807, 2.05) is 28.2 Å². The van der Waals surface area contributed by atoms with E-state index >= 15 is 0 Å². The Hall–Kier alpha value is -1.03. The predicted molar refractivity (Wildman–Crippen MR) is 56.1 cm³/mol. The van der Waals surface area contributed by atoms with E-state index in [-0.39, 0.29) is 18.3 Å². The molecule has 0 radical (unpaired) electrons. The molecule has 0 aliphatic carbocycles. The van der Waals surface area contributed by atoms with Gasteiger partial charge in [0.1, 0.15) is 12.4 Å². The minimum Gasteiger partial charge on any atom is -1.00 e. The van der Waals surface area contributed by atoms with Crippen LogP contribution in [0, 0.1) is 0 Å². The first-order chi connectivity index (χ1) is 7.29. The summed E-state index contributed by atoms with van der Waals surface area (Å²) in [7, 11) is 0. The van der Waals surface area contributed by atoms with Crippen molar-refractivity contribution in [2.75, 3.05) is 13.1 Å². The molecule has 1 saturated heterocycles. The van der Waals surface area contributed by atoms with Crippen molar-refractivity contribution in [3.63, 3.8) is 0 Å². The molecule has 4 nitrogen and oxygen atoms in total. The number of aryl methyl sites for hydroxylation is 1. The molecule has 5 heteroatoms. The number of nitrogens with zero attached hydrogens (tertiary/aromatic N) is 3. The number of hydrogen-bond donors (Lipinski definition) is 0. The summed E-state index contributed by atoms with van der Waals surface area (Å²) in [6.07, 6.45) is 8.25. The second-order valence-electron chi connectivity index (χ2n) is 4.00. The first-order valence-corrected chi connectivity index (χ1v) is 5.62. The fraction of sp³-hybridized carbons (Fsp3) is 0.636. The standard InChI is InChI=1S/C11H18N3O.ClH/c1-2-12-7-8-13(10-12)9-11(15)14-5-3-4-6-14;/h7-8,10H,2-6,9H2,1H3;1H/q+1;/p-1. The molecule has 1 fully saturated rings. The Morgan fingerprint density at radius 2 is 2.06 bits per heavy atom. The fourth-order valence-corrected chi connectivity index (χ4v) is 1.94. The third kappa shape index (κ3) is 2.98. The maximum absolute atomic E-state index is 11.8. The van der Waals surface area contributed by atoms with Gasteiger partial charge in [-0.05, 0) is 19.8 Å². The van der Waals surface area contributed by atoms with Gasteiger partial charge >= 0.3 is 0 Å². The van der Waals surface area contributed by atoms with Gasteiger partial charge in [0.15, 0.2) is 6.54 Å². The summed E-state index contributed by atoms with van der Waals surface area (Å²) < 4.78 is 4.02. The number of carbonyl (C=O) groups is 1. The highest BCUT2D eigenvalue weighted by Gasteiger charge is 2.19. The molecule has 1 aromatic heterocycles. The van der Waals surface area contributed by atoms with Crippen LogP contribution < -0.4 is 17.0 Å². The van der Waals surface area contributed by atoms with Gasteiger partial charge in [0, 0.05) is 13.1 Å². The molecule has 0 spiro atoms. The quantitative estimate of drug-likeness (QED) is 0.537. The number of rotatable bonds is 3. The van der Waals surface area contributed by atoms with Crippen LogP contribution in [0.1, 0.15) is 19.8 Å². The summed E-state index contributed by atoms with van der Waals surface area (Å²) in [5, 5.41) is 0. The summed E-state index contributed by atoms with van der Waals surface area (Å²) >= 11 is 0. The van der Waals surface area contributed by atoms with Crippen molar-refractivity contribution in [1.82, 2.24) is 9.47 Å². The van der Waals surface area contributed by atoms with Crippen LogP contribution in [0.15, 0.2) is 18.7 Å². The minimum absolute atomic E-state index is 0. The van der Waals surface area contributed by atoms with Crippen molar-refractivity contribution in [2.24, 2.45) is 0 Å². The lowest BCUT2D eigenvalue weighted by atomic mass is 10.4. The Morgan fingerprint density at radius 3 is 2.62 bits per heavy atom. The Balaban J connectivity index is 0.00000128. The van der Waals surface area contributed by atoms with Crippen LogP contribution in [0.25, 0.3) is 0 Å². The topological polar surface area (TPSA) is 29.1 Å². The van der Waals surface area contributed by atoms with Crippen LogP contribution >= 0.6 is 0 Å². The highest BCUT2D eigenvalue weighted by molar-refractivity contribution is 5.74. The normalized spacial score (nSPS) is 14.9. The molecule has 0 atom stereocenters. The molecule has 0 saturated carbocycles. The van der Waals surface area contributed by atoms with Crippen LogP contribution in [-0.4, -0.2) is 28.5 Å². The molecule has 2 rings (SSSR count). The van der Waals surface area contributed by atoms with Crippen molar-refractivity contribution in [3.8, 4) is 0 Å². The molecule has 0 unspecified atom stereocenters. The van der Waals surface area contributed by atoms with E-state index in [1.165, 1.54) is 0 Å². The lowest BCUT2D eigenvalue weighted by molar-refractivity contribution is -0.684. The summed E-state index contributed by atoms with van der Waals surface area (Å²) in [6.45, 7) is 5.40. The largest absolute Gasteiger partial charge is 1.00 e. The van der Waals surface area contributed by atoms with Gasteiger partial charge in [-0.1, -0.05) is 0 Å². The summed E-state index contributed by atoms with van der Waals surface area (Å²) in [4.78, 5) is 13.8. The number of hydrogen-bond acceptors (Lipinski definition) is 1. The molecule has 1 aliphatic rings. The molecule has 90 valence electrons. The Labute approximate surface area is 102 Å². The molecule has 1 aromatic rings. The number of carbonyl (C=O) groups excluding carboxylic acids is 1. The number of aromatic nitrogens is 2. The number of halogens is 1. The molecular formula is C11H18ClN3O. The van der Waals surface area contributed by atoms with E-state index in [0.29, 0.717) is 6.54 Å². The molecule has 1 aliphatic heterocycles. The zero-order chi connectivity index (χ0) is 10.7. The van der Waals surface area contributed by atoms with E-state index in [9.17, 15) is 4.79 Å². The lowest BCUT2D eigenvalue weighted by Gasteiger charge is -2.13. The molecule has 0 aromatic carbocycles. The zero-order valence-corrected chi connectivity index (χ0v) is 10.4. The van der Waals surface area contributed by atoms with E-state index in [2.05, 4.69) is 11.5 Å². The predicted octanol–water partition coefficient (Wildman–Crippen LogP) is -2.58. The zero-order valence-electron chi connectivity index (χ0n) is 9.60. The third-order valence-corrected chi connectivity index (χ3v) is 2.89. The van der Waals surface area contributed by atoms with Crippen molar-refractivity contribution in [2.45, 2.75) is 32.9 Å². The average molecular weight is 244 g/mol. The summed E-state index contributed by atoms with van der Waals surface area (Å²) in [5.74, 6) is 0.242. The van der Waals surface area contributed by atoms with Gasteiger partial charge < -0.3 is 17.3 Å². The van der Waals surface area contributed by atoms with E-state index in [4.69, 9.17) is 0 Å². The lowest BCUT2D eigenvalue weighted by Crippen LogP contribution is -3.00. The highest BCUT2D eigenvalue weighted by Crippen LogP contribution is 2.06. The van der Waals surface area contributed by atoms with Crippen LogP contribution in [0.4, 0.5) is 0 Å². The van der Waals surface area contributed by atoms with E-state index < -0.39 is 0 Å². The smallest absolute Gasteiger partial charge is 0.264 e. The number of likely N-dealkylation sites (tertiary alicyclic amines) is 1. The molecule has 16 heavy (non-hydrogen) atoms. The van der Waals surface area contributed by atoms with Gasteiger partial charge in [-0.15, -0.1) is 0 Å². The Bertz CT molecular complexity index is 345. The molecule has 2 heterocycles. The van der Waals surface area contributed by atoms with Gasteiger partial charge in [-0.25, -0.2) is 9.13 Å². The first kappa shape index (κ1) is 13.0. The van der Waals surface area contributed by atoms with Crippen molar-refractivity contribution in [1.29, 1.82) is 0 Å². The number of imidazole rings is 1. The maximum Gasteiger partial charge on any atom is 0.264 e. The van der Waals surface area contributed by atoms with Gasteiger partial charge in [0.25, 0.3) is 5.91 Å². The monoisotopic (exact) mass is 243 g/mol. The van der Waals surface area contributed by atoms with Gasteiger partial charge in [-0.3, -0.25) is 4.79 Å². The van der Waals surface area contributed by atoms with Crippen molar-refractivity contribution < 1.29 is 21.8 Å². The Morgan fingerprint density at radius 1 is 1.38 bits per heavy atom. The maximum atomic E-state index is 11.8. The highest BCUT2D eigenvalue weighted by atomic mass is 35.5. The average Bonchev–Trinajstić information content (AvgIpc) is 2.87. The molecular weight excluding hydrogens is 226 g/mol. The first-order valence-electron chi connectivity index (χ1n) is 5.62. The van der Waals surface area contributed by atoms with Gasteiger partial charge in [0.2, 0.25) is 6.33 Å². The molecule has 0 bridgehead atoms. The summed E-state index contributed by atoms with van der Waals surface area (Å²) in [6, 6.07) is 0. The second-order valence-corrected chi connectivity index (χ2v) is 4.00. The third-order valence-electron chi connectivity index (χ3n) is 2.89. The molecule has 0 N–H and O–H groups in total. The second kappa shape index (κ2) is 5.89. The van der Waals surface area contributed by atoms with E-state index in [0.717, 1.165) is 32.5 Å². The van der Waals surface area contributed by atoms with Crippen molar-refractivity contribution >= 4 is 5.91 Å². The Kier molecular flexibility index (Phi) is 4.80. The minimum atomic E-state index is 0. The van der Waals surface area contributed by atoms with Crippen LogP contribution in [0.2, 0.25) is 0 Å². The summed E-state index contributed by atoms with van der Waals surface area (Å²) in [5.41, 5.74) is 0. The molecule has 1 amide bonds. The van der Waals surface area contributed by atoms with Crippen molar-refractivity contribution in [3.05, 3.63) is 18.7 Å². The van der Waals surface area contributed by atoms with Crippen LogP contribution in [-0.2, 0) is 17.9 Å². The van der Waals surface area contributed by atoms with Gasteiger partial charge in [-0.2, -0.15) is 0 Å². The van der Waals surface area contributed by atoms with Gasteiger partial charge in [0.05, 0.1) is 6.54 Å². The number of amides is 1. The van der Waals surface area contributed by atoms with E-state index in [1.54, 1.807) is 0 Å². The van der Waals surface area contributed by atoms with Crippen LogP contribution in [0.3, 0.4) is 0 Å². The van der Waals surface area contributed by atoms with Crippen LogP contribution in [0.5, 0.6) is 0 Å². The SMILES string of the molecule is CCn1cc[n+](CC(=O)N2CCCC2)c1.[Cl-].